The normalized spacial score (nSPS) is 21.5. The van der Waals surface area contributed by atoms with Gasteiger partial charge in [-0.3, -0.25) is 34.2 Å². The van der Waals surface area contributed by atoms with Crippen LogP contribution in [0.3, 0.4) is 0 Å². The highest BCUT2D eigenvalue weighted by Crippen LogP contribution is 2.34. The van der Waals surface area contributed by atoms with Crippen molar-refractivity contribution >= 4 is 35.1 Å². The number of anilines is 1. The highest BCUT2D eigenvalue weighted by molar-refractivity contribution is 6.07. The highest BCUT2D eigenvalue weighted by atomic mass is 16.6. The Bertz CT molecular complexity index is 885. The van der Waals surface area contributed by atoms with Crippen LogP contribution in [-0.2, 0) is 23.9 Å². The van der Waals surface area contributed by atoms with Gasteiger partial charge in [-0.1, -0.05) is 24.3 Å². The molecule has 0 radical (unpaired) electrons. The number of nitrogens with one attached hydrogen (secondary N) is 1. The molecular formula is C19H19N3O7. The van der Waals surface area contributed by atoms with Crippen LogP contribution < -0.4 is 5.32 Å². The van der Waals surface area contributed by atoms with Crippen LogP contribution in [-0.4, -0.2) is 46.2 Å². The third-order valence-corrected chi connectivity index (χ3v) is 4.92. The number of fused-ring (bicyclic) bond motifs is 1. The van der Waals surface area contributed by atoms with Crippen LogP contribution in [0.1, 0.15) is 19.8 Å². The number of nitro groups is 1. The number of ether oxygens (including phenoxy) is 1. The minimum absolute atomic E-state index is 0.0353. The number of hydrogen-bond acceptors (Lipinski definition) is 7. The molecule has 29 heavy (non-hydrogen) atoms. The quantitative estimate of drug-likeness (QED) is 0.250. The van der Waals surface area contributed by atoms with E-state index in [2.05, 4.69) is 5.32 Å². The Morgan fingerprint density at radius 1 is 1.21 bits per heavy atom. The highest BCUT2D eigenvalue weighted by Gasteiger charge is 2.47. The summed E-state index contributed by atoms with van der Waals surface area (Å²) in [6.45, 7) is 0.715. The number of carbonyl (C=O) groups excluding carboxylic acids is 4. The largest absolute Gasteiger partial charge is 0.451 e. The standard InChI is InChI=1S/C19H19N3O7/c1-11(17(24)20-14-8-4-5-9-15(14)22(27)28)29-16(23)10-21-18(25)12-6-2-3-7-13(12)19(21)26/h2-5,8-9,11-13H,6-7,10H2,1H3,(H,20,24)/t11-,12-,13+/m0/s1. The minimum Gasteiger partial charge on any atom is -0.451 e. The summed E-state index contributed by atoms with van der Waals surface area (Å²) in [5.41, 5.74) is -0.337. The molecule has 1 N–H and O–H groups in total. The molecule has 1 fully saturated rings. The van der Waals surface area contributed by atoms with E-state index in [0.29, 0.717) is 12.8 Å². The lowest BCUT2D eigenvalue weighted by Gasteiger charge is -2.17. The second kappa shape index (κ2) is 8.21. The number of carbonyl (C=O) groups is 4. The lowest BCUT2D eigenvalue weighted by atomic mass is 9.85. The van der Waals surface area contributed by atoms with Gasteiger partial charge in [0.05, 0.1) is 16.8 Å². The molecule has 10 nitrogen and oxygen atoms in total. The molecule has 1 heterocycles. The second-order valence-corrected chi connectivity index (χ2v) is 6.81. The maximum atomic E-state index is 12.4. The number of hydrogen-bond donors (Lipinski definition) is 1. The van der Waals surface area contributed by atoms with Crippen LogP contribution in [0, 0.1) is 22.0 Å². The number of benzene rings is 1. The molecule has 1 aromatic carbocycles. The first-order chi connectivity index (χ1) is 13.8. The summed E-state index contributed by atoms with van der Waals surface area (Å²) >= 11 is 0. The summed E-state index contributed by atoms with van der Waals surface area (Å²) in [4.78, 5) is 60.4. The predicted octanol–water partition coefficient (Wildman–Crippen LogP) is 1.42. The Labute approximate surface area is 165 Å². The lowest BCUT2D eigenvalue weighted by molar-refractivity contribution is -0.383. The van der Waals surface area contributed by atoms with Crippen molar-refractivity contribution in [1.29, 1.82) is 0 Å². The SMILES string of the molecule is C[C@H](OC(=O)CN1C(=O)[C@H]2CC=CC[C@H]2C1=O)C(=O)Nc1ccccc1[N+](=O)[O-]. The first-order valence-corrected chi connectivity index (χ1v) is 9.03. The van der Waals surface area contributed by atoms with Gasteiger partial charge >= 0.3 is 5.97 Å². The average molecular weight is 401 g/mol. The Kier molecular flexibility index (Phi) is 5.71. The van der Waals surface area contributed by atoms with Crippen LogP contribution >= 0.6 is 0 Å². The average Bonchev–Trinajstić information content (AvgIpc) is 2.93. The molecule has 1 aliphatic carbocycles. The first kappa shape index (κ1) is 20.2. The summed E-state index contributed by atoms with van der Waals surface area (Å²) in [6.07, 6.45) is 3.30. The Balaban J connectivity index is 1.58. The van der Waals surface area contributed by atoms with Crippen molar-refractivity contribution in [3.05, 3.63) is 46.5 Å². The van der Waals surface area contributed by atoms with Crippen molar-refractivity contribution in [1.82, 2.24) is 4.90 Å². The molecule has 0 saturated carbocycles. The van der Waals surface area contributed by atoms with Gasteiger partial charge in [-0.05, 0) is 25.8 Å². The molecule has 3 rings (SSSR count). The number of rotatable bonds is 6. The maximum Gasteiger partial charge on any atom is 0.326 e. The number of para-hydroxylation sites is 2. The van der Waals surface area contributed by atoms with Gasteiger partial charge in [-0.2, -0.15) is 0 Å². The predicted molar refractivity (Wildman–Crippen MR) is 99.4 cm³/mol. The Hall–Kier alpha value is -3.56. The van der Waals surface area contributed by atoms with E-state index in [1.54, 1.807) is 0 Å². The molecule has 0 spiro atoms. The fourth-order valence-corrected chi connectivity index (χ4v) is 3.41. The molecule has 3 amide bonds. The summed E-state index contributed by atoms with van der Waals surface area (Å²) in [7, 11) is 0. The van der Waals surface area contributed by atoms with E-state index >= 15 is 0 Å². The summed E-state index contributed by atoms with van der Waals surface area (Å²) < 4.78 is 5.01. The molecule has 0 unspecified atom stereocenters. The summed E-state index contributed by atoms with van der Waals surface area (Å²) in [5, 5.41) is 13.3. The number of amides is 3. The van der Waals surface area contributed by atoms with Crippen molar-refractivity contribution < 1.29 is 28.8 Å². The van der Waals surface area contributed by atoms with Crippen molar-refractivity contribution in [2.45, 2.75) is 25.9 Å². The molecule has 0 aromatic heterocycles. The van der Waals surface area contributed by atoms with E-state index in [0.717, 1.165) is 4.90 Å². The smallest absolute Gasteiger partial charge is 0.326 e. The van der Waals surface area contributed by atoms with Crippen molar-refractivity contribution in [3.8, 4) is 0 Å². The van der Waals surface area contributed by atoms with Gasteiger partial charge in [0.15, 0.2) is 6.10 Å². The van der Waals surface area contributed by atoms with Crippen LogP contribution in [0.4, 0.5) is 11.4 Å². The number of nitro benzene ring substituents is 1. The monoisotopic (exact) mass is 401 g/mol. The molecule has 152 valence electrons. The van der Waals surface area contributed by atoms with Gasteiger partial charge in [0.25, 0.3) is 11.6 Å². The third kappa shape index (κ3) is 4.15. The zero-order valence-electron chi connectivity index (χ0n) is 15.6. The number of imide groups is 1. The van der Waals surface area contributed by atoms with E-state index in [-0.39, 0.29) is 11.4 Å². The van der Waals surface area contributed by atoms with Crippen molar-refractivity contribution in [2.75, 3.05) is 11.9 Å². The topological polar surface area (TPSA) is 136 Å². The molecule has 1 aliphatic heterocycles. The Morgan fingerprint density at radius 3 is 2.38 bits per heavy atom. The van der Waals surface area contributed by atoms with Crippen molar-refractivity contribution in [2.24, 2.45) is 11.8 Å². The zero-order chi connectivity index (χ0) is 21.1. The van der Waals surface area contributed by atoms with Gasteiger partial charge in [0.1, 0.15) is 12.2 Å². The fraction of sp³-hybridized carbons (Fsp3) is 0.368. The van der Waals surface area contributed by atoms with E-state index < -0.39 is 53.1 Å². The third-order valence-electron chi connectivity index (χ3n) is 4.92. The number of esters is 1. The first-order valence-electron chi connectivity index (χ1n) is 9.03. The summed E-state index contributed by atoms with van der Waals surface area (Å²) in [6, 6.07) is 5.54. The number of nitrogens with zero attached hydrogens (tertiary/aromatic N) is 2. The molecule has 0 bridgehead atoms. The molecule has 1 aromatic rings. The van der Waals surface area contributed by atoms with Gasteiger partial charge in [0.2, 0.25) is 11.8 Å². The van der Waals surface area contributed by atoms with E-state index in [1.165, 1.54) is 31.2 Å². The maximum absolute atomic E-state index is 12.4. The minimum atomic E-state index is -1.28. The number of allylic oxidation sites excluding steroid dienone is 2. The molecule has 2 aliphatic rings. The fourth-order valence-electron chi connectivity index (χ4n) is 3.41. The van der Waals surface area contributed by atoms with E-state index in [9.17, 15) is 29.3 Å². The van der Waals surface area contributed by atoms with Crippen LogP contribution in [0.15, 0.2) is 36.4 Å². The molecule has 1 saturated heterocycles. The zero-order valence-corrected chi connectivity index (χ0v) is 15.6. The van der Waals surface area contributed by atoms with Gasteiger partial charge in [-0.25, -0.2) is 0 Å². The van der Waals surface area contributed by atoms with Crippen LogP contribution in [0.5, 0.6) is 0 Å². The number of likely N-dealkylation sites (tertiary alicyclic amines) is 1. The van der Waals surface area contributed by atoms with Gasteiger partial charge in [-0.15, -0.1) is 0 Å². The van der Waals surface area contributed by atoms with Gasteiger partial charge < -0.3 is 10.1 Å². The Morgan fingerprint density at radius 2 is 1.79 bits per heavy atom. The molecule has 10 heteroatoms. The van der Waals surface area contributed by atoms with E-state index in [4.69, 9.17) is 4.74 Å². The summed E-state index contributed by atoms with van der Waals surface area (Å²) in [5.74, 6) is -3.44. The second-order valence-electron chi connectivity index (χ2n) is 6.81. The van der Waals surface area contributed by atoms with Gasteiger partial charge in [0, 0.05) is 6.07 Å². The van der Waals surface area contributed by atoms with Crippen LogP contribution in [0.2, 0.25) is 0 Å². The molecular weight excluding hydrogens is 382 g/mol. The lowest BCUT2D eigenvalue weighted by Crippen LogP contribution is -2.39. The van der Waals surface area contributed by atoms with Crippen molar-refractivity contribution in [3.63, 3.8) is 0 Å². The van der Waals surface area contributed by atoms with Crippen LogP contribution in [0.25, 0.3) is 0 Å². The molecule has 3 atom stereocenters. The van der Waals surface area contributed by atoms with E-state index in [1.807, 2.05) is 12.2 Å².